The van der Waals surface area contributed by atoms with Crippen LogP contribution in [0.15, 0.2) is 16.6 Å². The summed E-state index contributed by atoms with van der Waals surface area (Å²) in [4.78, 5) is 0. The lowest BCUT2D eigenvalue weighted by atomic mass is 10.1. The van der Waals surface area contributed by atoms with Crippen LogP contribution < -0.4 is 14.8 Å². The Bertz CT molecular complexity index is 395. The van der Waals surface area contributed by atoms with Gasteiger partial charge in [0.25, 0.3) is 0 Å². The summed E-state index contributed by atoms with van der Waals surface area (Å²) in [6, 6.07) is 4.08. The second kappa shape index (κ2) is 8.40. The zero-order chi connectivity index (χ0) is 14.3. The van der Waals surface area contributed by atoms with Crippen LogP contribution in [0.25, 0.3) is 0 Å². The van der Waals surface area contributed by atoms with E-state index in [0.717, 1.165) is 22.2 Å². The number of rotatable bonds is 8. The Morgan fingerprint density at radius 3 is 2.63 bits per heavy atom. The molecule has 0 saturated heterocycles. The van der Waals surface area contributed by atoms with Crippen molar-refractivity contribution in [1.82, 2.24) is 5.32 Å². The summed E-state index contributed by atoms with van der Waals surface area (Å²) in [6.45, 7) is 5.40. The summed E-state index contributed by atoms with van der Waals surface area (Å²) in [6.07, 6.45) is 0.895. The van der Waals surface area contributed by atoms with Crippen molar-refractivity contribution >= 4 is 15.9 Å². The lowest BCUT2D eigenvalue weighted by molar-refractivity contribution is 0.238. The molecular formula is C14H22BrNO3. The summed E-state index contributed by atoms with van der Waals surface area (Å²) in [5, 5.41) is 12.5. The van der Waals surface area contributed by atoms with Crippen molar-refractivity contribution in [3.05, 3.63) is 22.2 Å². The monoisotopic (exact) mass is 331 g/mol. The highest BCUT2D eigenvalue weighted by atomic mass is 79.9. The van der Waals surface area contributed by atoms with Crippen LogP contribution >= 0.6 is 15.9 Å². The number of halogens is 1. The molecule has 4 nitrogen and oxygen atoms in total. The molecule has 1 rings (SSSR count). The maximum absolute atomic E-state index is 9.16. The molecule has 0 spiro atoms. The topological polar surface area (TPSA) is 50.7 Å². The molecule has 1 aromatic rings. The molecule has 0 aliphatic rings. The molecule has 1 aromatic carbocycles. The van der Waals surface area contributed by atoms with Gasteiger partial charge in [0, 0.05) is 12.6 Å². The highest BCUT2D eigenvalue weighted by molar-refractivity contribution is 9.10. The number of aliphatic hydroxyl groups is 1. The van der Waals surface area contributed by atoms with Crippen LogP contribution in [0.4, 0.5) is 0 Å². The molecule has 1 atom stereocenters. The van der Waals surface area contributed by atoms with Crippen LogP contribution in [0.2, 0.25) is 0 Å². The van der Waals surface area contributed by atoms with E-state index in [1.54, 1.807) is 7.11 Å². The molecule has 0 unspecified atom stereocenters. The second-order valence-electron chi connectivity index (χ2n) is 4.21. The van der Waals surface area contributed by atoms with Gasteiger partial charge in [0.2, 0.25) is 0 Å². The molecule has 108 valence electrons. The molecule has 0 saturated carbocycles. The zero-order valence-electron chi connectivity index (χ0n) is 11.7. The average molecular weight is 332 g/mol. The van der Waals surface area contributed by atoms with Gasteiger partial charge < -0.3 is 19.9 Å². The standard InChI is InChI=1S/C14H22BrNO3/c1-4-11(9-17)16-8-10-6-12(15)14(19-5-2)13(7-10)18-3/h6-7,11,16-17H,4-5,8-9H2,1-3H3/t11-/m1/s1. The maximum atomic E-state index is 9.16. The van der Waals surface area contributed by atoms with Crippen LogP contribution in [0.1, 0.15) is 25.8 Å². The maximum Gasteiger partial charge on any atom is 0.175 e. The third-order valence-corrected chi connectivity index (χ3v) is 3.47. The fourth-order valence-corrected chi connectivity index (χ4v) is 2.36. The first kappa shape index (κ1) is 16.3. The molecule has 0 heterocycles. The number of hydrogen-bond donors (Lipinski definition) is 2. The quantitative estimate of drug-likeness (QED) is 0.769. The van der Waals surface area contributed by atoms with Gasteiger partial charge >= 0.3 is 0 Å². The number of aliphatic hydroxyl groups excluding tert-OH is 1. The third-order valence-electron chi connectivity index (χ3n) is 2.89. The van der Waals surface area contributed by atoms with Gasteiger partial charge in [0.1, 0.15) is 0 Å². The van der Waals surface area contributed by atoms with E-state index < -0.39 is 0 Å². The molecular weight excluding hydrogens is 310 g/mol. The third kappa shape index (κ3) is 4.67. The van der Waals surface area contributed by atoms with Gasteiger partial charge in [-0.15, -0.1) is 0 Å². The molecule has 0 fully saturated rings. The van der Waals surface area contributed by atoms with Gasteiger partial charge in [-0.2, -0.15) is 0 Å². The molecule has 5 heteroatoms. The van der Waals surface area contributed by atoms with E-state index in [1.165, 1.54) is 0 Å². The van der Waals surface area contributed by atoms with Crippen molar-refractivity contribution in [3.8, 4) is 11.5 Å². The van der Waals surface area contributed by atoms with Crippen molar-refractivity contribution in [2.75, 3.05) is 20.3 Å². The Morgan fingerprint density at radius 2 is 2.11 bits per heavy atom. The first-order valence-electron chi connectivity index (χ1n) is 6.49. The predicted octanol–water partition coefficient (Wildman–Crippen LogP) is 2.72. The molecule has 19 heavy (non-hydrogen) atoms. The van der Waals surface area contributed by atoms with Gasteiger partial charge in [-0.25, -0.2) is 0 Å². The molecule has 0 aliphatic carbocycles. The fourth-order valence-electron chi connectivity index (χ4n) is 1.76. The van der Waals surface area contributed by atoms with E-state index in [0.29, 0.717) is 18.9 Å². The summed E-state index contributed by atoms with van der Waals surface area (Å²) >= 11 is 3.50. The minimum Gasteiger partial charge on any atom is -0.493 e. The van der Waals surface area contributed by atoms with Crippen LogP contribution in [0.5, 0.6) is 11.5 Å². The lowest BCUT2D eigenvalue weighted by Gasteiger charge is -2.16. The van der Waals surface area contributed by atoms with Gasteiger partial charge in [-0.3, -0.25) is 0 Å². The largest absolute Gasteiger partial charge is 0.493 e. The number of benzene rings is 1. The minimum atomic E-state index is 0.122. The van der Waals surface area contributed by atoms with E-state index >= 15 is 0 Å². The lowest BCUT2D eigenvalue weighted by Crippen LogP contribution is -2.31. The highest BCUT2D eigenvalue weighted by Crippen LogP contribution is 2.36. The van der Waals surface area contributed by atoms with Crippen LogP contribution in [0.3, 0.4) is 0 Å². The van der Waals surface area contributed by atoms with E-state index in [9.17, 15) is 0 Å². The van der Waals surface area contributed by atoms with E-state index in [2.05, 4.69) is 21.2 Å². The Morgan fingerprint density at radius 1 is 1.37 bits per heavy atom. The Kier molecular flexibility index (Phi) is 7.20. The normalized spacial score (nSPS) is 12.3. The molecule has 0 radical (unpaired) electrons. The van der Waals surface area contributed by atoms with Crippen molar-refractivity contribution in [1.29, 1.82) is 0 Å². The van der Waals surface area contributed by atoms with Crippen LogP contribution in [0, 0.1) is 0 Å². The SMILES string of the molecule is CCOc1c(Br)cc(CN[C@H](CC)CO)cc1OC. The summed E-state index contributed by atoms with van der Waals surface area (Å²) in [7, 11) is 1.63. The molecule has 0 bridgehead atoms. The van der Waals surface area contributed by atoms with E-state index in [1.807, 2.05) is 26.0 Å². The minimum absolute atomic E-state index is 0.122. The fraction of sp³-hybridized carbons (Fsp3) is 0.571. The van der Waals surface area contributed by atoms with Crippen LogP contribution in [-0.4, -0.2) is 31.5 Å². The smallest absolute Gasteiger partial charge is 0.175 e. The van der Waals surface area contributed by atoms with Gasteiger partial charge in [0.15, 0.2) is 11.5 Å². The summed E-state index contributed by atoms with van der Waals surface area (Å²) in [5.41, 5.74) is 1.08. The Balaban J connectivity index is 2.83. The van der Waals surface area contributed by atoms with Gasteiger partial charge in [-0.1, -0.05) is 6.92 Å². The predicted molar refractivity (Wildman–Crippen MR) is 79.9 cm³/mol. The zero-order valence-corrected chi connectivity index (χ0v) is 13.3. The highest BCUT2D eigenvalue weighted by Gasteiger charge is 2.12. The Labute approximate surface area is 123 Å². The summed E-state index contributed by atoms with van der Waals surface area (Å²) in [5.74, 6) is 1.44. The number of ether oxygens (including phenoxy) is 2. The van der Waals surface area contributed by atoms with Gasteiger partial charge in [-0.05, 0) is 47.0 Å². The number of methoxy groups -OCH3 is 1. The number of hydrogen-bond acceptors (Lipinski definition) is 4. The first-order valence-corrected chi connectivity index (χ1v) is 7.28. The van der Waals surface area contributed by atoms with E-state index in [4.69, 9.17) is 14.6 Å². The second-order valence-corrected chi connectivity index (χ2v) is 5.07. The number of nitrogens with one attached hydrogen (secondary N) is 1. The Hall–Kier alpha value is -0.780. The van der Waals surface area contributed by atoms with E-state index in [-0.39, 0.29) is 12.6 Å². The molecule has 0 aromatic heterocycles. The van der Waals surface area contributed by atoms with Crippen molar-refractivity contribution in [2.24, 2.45) is 0 Å². The first-order chi connectivity index (χ1) is 9.15. The van der Waals surface area contributed by atoms with Crippen molar-refractivity contribution in [2.45, 2.75) is 32.9 Å². The van der Waals surface area contributed by atoms with Crippen molar-refractivity contribution in [3.63, 3.8) is 0 Å². The van der Waals surface area contributed by atoms with Gasteiger partial charge in [0.05, 0.1) is 24.8 Å². The summed E-state index contributed by atoms with van der Waals surface area (Å²) < 4.78 is 11.8. The molecule has 0 amide bonds. The molecule has 2 N–H and O–H groups in total. The van der Waals surface area contributed by atoms with Crippen molar-refractivity contribution < 1.29 is 14.6 Å². The van der Waals surface area contributed by atoms with Crippen LogP contribution in [-0.2, 0) is 6.54 Å². The molecule has 0 aliphatic heterocycles. The average Bonchev–Trinajstić information content (AvgIpc) is 2.42.